The molecule has 3 nitrogen and oxygen atoms in total. The summed E-state index contributed by atoms with van der Waals surface area (Å²) in [6, 6.07) is 0. The lowest BCUT2D eigenvalue weighted by Crippen LogP contribution is -2.21. The molecule has 3 heteroatoms. The van der Waals surface area contributed by atoms with Gasteiger partial charge in [0.25, 0.3) is 0 Å². The smallest absolute Gasteiger partial charge is 0.339 e. The van der Waals surface area contributed by atoms with E-state index in [0.717, 1.165) is 11.1 Å². The van der Waals surface area contributed by atoms with Crippen molar-refractivity contribution in [2.75, 3.05) is 6.61 Å². The highest BCUT2D eigenvalue weighted by atomic mass is 16.5. The molecule has 14 heavy (non-hydrogen) atoms. The summed E-state index contributed by atoms with van der Waals surface area (Å²) in [6.45, 7) is 7.68. The molecule has 0 fully saturated rings. The van der Waals surface area contributed by atoms with Gasteiger partial charge in [-0.1, -0.05) is 11.1 Å². The molecule has 0 amide bonds. The number of esters is 1. The molecule has 0 aromatic rings. The van der Waals surface area contributed by atoms with Crippen molar-refractivity contribution in [3.05, 3.63) is 23.3 Å². The quantitative estimate of drug-likeness (QED) is 0.553. The van der Waals surface area contributed by atoms with Gasteiger partial charge in [0.15, 0.2) is 6.10 Å². The molecule has 0 heterocycles. The van der Waals surface area contributed by atoms with Crippen molar-refractivity contribution < 1.29 is 14.6 Å². The van der Waals surface area contributed by atoms with Crippen molar-refractivity contribution in [3.8, 4) is 0 Å². The van der Waals surface area contributed by atoms with E-state index in [1.807, 2.05) is 27.7 Å². The summed E-state index contributed by atoms with van der Waals surface area (Å²) in [6.07, 6.45) is 2.10. The summed E-state index contributed by atoms with van der Waals surface area (Å²) in [5.74, 6) is -0.608. The van der Waals surface area contributed by atoms with Gasteiger partial charge in [-0.2, -0.15) is 0 Å². The first kappa shape index (κ1) is 12.9. The molecular weight excluding hydrogens is 180 g/mol. The fourth-order valence-corrected chi connectivity index (χ4v) is 0.760. The Balaban J connectivity index is 3.97. The number of rotatable bonds is 4. The van der Waals surface area contributed by atoms with Crippen LogP contribution in [0.4, 0.5) is 0 Å². The van der Waals surface area contributed by atoms with Crippen LogP contribution in [-0.2, 0) is 9.53 Å². The molecule has 0 saturated heterocycles. The van der Waals surface area contributed by atoms with Crippen LogP contribution in [0.15, 0.2) is 23.3 Å². The third-order valence-corrected chi connectivity index (χ3v) is 1.45. The molecule has 1 N–H and O–H groups in total. The highest BCUT2D eigenvalue weighted by molar-refractivity contribution is 5.76. The van der Waals surface area contributed by atoms with Gasteiger partial charge in [0, 0.05) is 0 Å². The predicted octanol–water partition coefficient (Wildman–Crippen LogP) is 1.82. The highest BCUT2D eigenvalue weighted by Gasteiger charge is 2.12. The molecule has 80 valence electrons. The molecule has 0 rings (SSSR count). The van der Waals surface area contributed by atoms with Gasteiger partial charge in [-0.25, -0.2) is 4.79 Å². The van der Waals surface area contributed by atoms with Crippen LogP contribution in [-0.4, -0.2) is 23.8 Å². The number of ether oxygens (including phenoxy) is 1. The van der Waals surface area contributed by atoms with Crippen molar-refractivity contribution in [3.63, 3.8) is 0 Å². The lowest BCUT2D eigenvalue weighted by atomic mass is 10.2. The van der Waals surface area contributed by atoms with E-state index in [9.17, 15) is 9.90 Å². The largest absolute Gasteiger partial charge is 0.459 e. The third kappa shape index (κ3) is 6.43. The number of allylic oxidation sites excluding steroid dienone is 2. The van der Waals surface area contributed by atoms with E-state index < -0.39 is 12.1 Å². The molecule has 1 unspecified atom stereocenters. The van der Waals surface area contributed by atoms with E-state index in [2.05, 4.69) is 0 Å². The van der Waals surface area contributed by atoms with Crippen molar-refractivity contribution in [2.45, 2.75) is 33.8 Å². The summed E-state index contributed by atoms with van der Waals surface area (Å²) >= 11 is 0. The number of aliphatic hydroxyl groups is 1. The Morgan fingerprint density at radius 2 is 1.86 bits per heavy atom. The summed E-state index contributed by atoms with van der Waals surface area (Å²) in [4.78, 5) is 11.1. The average molecular weight is 198 g/mol. The van der Waals surface area contributed by atoms with Crippen LogP contribution in [0.5, 0.6) is 0 Å². The van der Waals surface area contributed by atoms with E-state index in [0.29, 0.717) is 0 Å². The van der Waals surface area contributed by atoms with Crippen molar-refractivity contribution in [1.82, 2.24) is 0 Å². The molecule has 0 aliphatic carbocycles. The molecule has 0 aliphatic rings. The topological polar surface area (TPSA) is 46.5 Å². The van der Waals surface area contributed by atoms with E-state index >= 15 is 0 Å². The van der Waals surface area contributed by atoms with Gasteiger partial charge in [-0.05, 0) is 39.8 Å². The van der Waals surface area contributed by atoms with Gasteiger partial charge in [-0.3, -0.25) is 0 Å². The number of carbonyl (C=O) groups is 1. The Bertz CT molecular complexity index is 243. The minimum absolute atomic E-state index is 0.217. The first-order valence-corrected chi connectivity index (χ1v) is 4.56. The minimum atomic E-state index is -1.15. The van der Waals surface area contributed by atoms with Gasteiger partial charge in [0.05, 0.1) is 0 Å². The normalized spacial score (nSPS) is 11.5. The Labute approximate surface area is 85.1 Å². The summed E-state index contributed by atoms with van der Waals surface area (Å²) in [5, 5.41) is 9.28. The summed E-state index contributed by atoms with van der Waals surface area (Å²) in [7, 11) is 0. The van der Waals surface area contributed by atoms with Crippen LogP contribution in [0.25, 0.3) is 0 Å². The molecule has 0 aliphatic heterocycles. The Kier molecular flexibility index (Phi) is 5.88. The van der Waals surface area contributed by atoms with Gasteiger partial charge in [0.2, 0.25) is 0 Å². The SMILES string of the molecule is CC(C)=CCOC(=O)C(O)C=C(C)C. The monoisotopic (exact) mass is 198 g/mol. The van der Waals surface area contributed by atoms with Crippen molar-refractivity contribution >= 4 is 5.97 Å². The van der Waals surface area contributed by atoms with Crippen LogP contribution in [0.2, 0.25) is 0 Å². The lowest BCUT2D eigenvalue weighted by molar-refractivity contribution is -0.149. The van der Waals surface area contributed by atoms with E-state index in [4.69, 9.17) is 4.74 Å². The third-order valence-electron chi connectivity index (χ3n) is 1.45. The van der Waals surface area contributed by atoms with Crippen LogP contribution in [0.3, 0.4) is 0 Å². The summed E-state index contributed by atoms with van der Waals surface area (Å²) in [5.41, 5.74) is 1.96. The average Bonchev–Trinajstić information content (AvgIpc) is 2.01. The van der Waals surface area contributed by atoms with Gasteiger partial charge >= 0.3 is 5.97 Å². The second kappa shape index (κ2) is 6.38. The van der Waals surface area contributed by atoms with Crippen LogP contribution in [0.1, 0.15) is 27.7 Å². The first-order chi connectivity index (χ1) is 6.43. The van der Waals surface area contributed by atoms with Gasteiger partial charge < -0.3 is 9.84 Å². The minimum Gasteiger partial charge on any atom is -0.459 e. The fraction of sp³-hybridized carbons (Fsp3) is 0.545. The zero-order valence-corrected chi connectivity index (χ0v) is 9.20. The predicted molar refractivity (Wildman–Crippen MR) is 55.8 cm³/mol. The van der Waals surface area contributed by atoms with Crippen molar-refractivity contribution in [1.29, 1.82) is 0 Å². The maximum Gasteiger partial charge on any atom is 0.339 e. The number of hydrogen-bond donors (Lipinski definition) is 1. The van der Waals surface area contributed by atoms with E-state index in [1.54, 1.807) is 6.08 Å². The number of carbonyl (C=O) groups excluding carboxylic acids is 1. The standard InChI is InChI=1S/C11H18O3/c1-8(2)5-6-14-11(13)10(12)7-9(3)4/h5,7,10,12H,6H2,1-4H3. The highest BCUT2D eigenvalue weighted by Crippen LogP contribution is 1.98. The Hall–Kier alpha value is -1.09. The molecule has 0 radical (unpaired) electrons. The number of aliphatic hydroxyl groups excluding tert-OH is 1. The number of hydrogen-bond acceptors (Lipinski definition) is 3. The van der Waals surface area contributed by atoms with E-state index in [1.165, 1.54) is 6.08 Å². The van der Waals surface area contributed by atoms with E-state index in [-0.39, 0.29) is 6.61 Å². The molecular formula is C11H18O3. The van der Waals surface area contributed by atoms with Crippen LogP contribution in [0, 0.1) is 0 Å². The van der Waals surface area contributed by atoms with Crippen molar-refractivity contribution in [2.24, 2.45) is 0 Å². The zero-order valence-electron chi connectivity index (χ0n) is 9.20. The maximum absolute atomic E-state index is 11.1. The molecule has 0 bridgehead atoms. The zero-order chi connectivity index (χ0) is 11.1. The lowest BCUT2D eigenvalue weighted by Gasteiger charge is -2.05. The summed E-state index contributed by atoms with van der Waals surface area (Å²) < 4.78 is 4.81. The maximum atomic E-state index is 11.1. The Morgan fingerprint density at radius 3 is 2.29 bits per heavy atom. The van der Waals surface area contributed by atoms with Crippen LogP contribution >= 0.6 is 0 Å². The second-order valence-electron chi connectivity index (χ2n) is 3.60. The first-order valence-electron chi connectivity index (χ1n) is 4.56. The second-order valence-corrected chi connectivity index (χ2v) is 3.60. The molecule has 0 spiro atoms. The van der Waals surface area contributed by atoms with Crippen LogP contribution < -0.4 is 0 Å². The van der Waals surface area contributed by atoms with Gasteiger partial charge in [-0.15, -0.1) is 0 Å². The molecule has 0 aromatic heterocycles. The molecule has 0 saturated carbocycles. The fourth-order valence-electron chi connectivity index (χ4n) is 0.760. The molecule has 1 atom stereocenters. The Morgan fingerprint density at radius 1 is 1.29 bits per heavy atom. The van der Waals surface area contributed by atoms with Gasteiger partial charge in [0.1, 0.15) is 6.61 Å². The molecule has 0 aromatic carbocycles.